The Kier molecular flexibility index (Phi) is 13.7. The summed E-state index contributed by atoms with van der Waals surface area (Å²) < 4.78 is 19.7. The first-order valence-corrected chi connectivity index (χ1v) is 13.5. The maximum atomic E-state index is 12.2. The fraction of sp³-hybridized carbons (Fsp3) is 0.188. The third-order valence-corrected chi connectivity index (χ3v) is 6.11. The van der Waals surface area contributed by atoms with Crippen molar-refractivity contribution in [3.63, 3.8) is 0 Å². The Labute approximate surface area is 253 Å². The summed E-state index contributed by atoms with van der Waals surface area (Å²) in [5, 5.41) is 18.7. The topological polar surface area (TPSA) is 153 Å². The molecule has 0 heterocycles. The molecular weight excluding hydrogens is 572 g/mol. The van der Waals surface area contributed by atoms with Gasteiger partial charge in [-0.2, -0.15) is 10.5 Å². The molecule has 2 aromatic carbocycles. The van der Waals surface area contributed by atoms with Gasteiger partial charge in [0, 0.05) is 20.9 Å². The molecule has 0 atom stereocenters. The van der Waals surface area contributed by atoms with Crippen molar-refractivity contribution in [1.29, 1.82) is 10.5 Å². The summed E-state index contributed by atoms with van der Waals surface area (Å²) in [6.45, 7) is 9.20. The van der Waals surface area contributed by atoms with Crippen LogP contribution in [0.15, 0.2) is 93.8 Å². The van der Waals surface area contributed by atoms with Gasteiger partial charge in [0.1, 0.15) is 49.7 Å². The van der Waals surface area contributed by atoms with Crippen LogP contribution in [-0.2, 0) is 38.1 Å². The first kappa shape index (κ1) is 33.8. The maximum absolute atomic E-state index is 12.2. The van der Waals surface area contributed by atoms with Gasteiger partial charge >= 0.3 is 23.9 Å². The Morgan fingerprint density at radius 3 is 1.21 bits per heavy atom. The average molecular weight is 601 g/mol. The summed E-state index contributed by atoms with van der Waals surface area (Å²) in [5.41, 5.74) is 1.25. The zero-order chi connectivity index (χ0) is 31.8. The van der Waals surface area contributed by atoms with Gasteiger partial charge in [-0.25, -0.2) is 19.2 Å². The average Bonchev–Trinajstić information content (AvgIpc) is 2.99. The third kappa shape index (κ3) is 11.9. The van der Waals surface area contributed by atoms with Crippen molar-refractivity contribution in [1.82, 2.24) is 0 Å². The summed E-state index contributed by atoms with van der Waals surface area (Å²) in [6.07, 6.45) is 2.79. The molecule has 0 fully saturated rings. The molecule has 43 heavy (non-hydrogen) atoms. The molecule has 0 saturated heterocycles. The van der Waals surface area contributed by atoms with Gasteiger partial charge in [0.05, 0.1) is 0 Å². The highest BCUT2D eigenvalue weighted by molar-refractivity contribution is 7.99. The third-order valence-electron chi connectivity index (χ3n) is 5.09. The Hall–Kier alpha value is -5.39. The lowest BCUT2D eigenvalue weighted by Gasteiger charge is -2.06. The normalized spacial score (nSPS) is 10.9. The monoisotopic (exact) mass is 600 g/mol. The van der Waals surface area contributed by atoms with Crippen molar-refractivity contribution in [2.45, 2.75) is 23.6 Å². The van der Waals surface area contributed by atoms with Crippen LogP contribution in [0, 0.1) is 22.7 Å². The van der Waals surface area contributed by atoms with Crippen molar-refractivity contribution in [3.05, 3.63) is 95.1 Å². The number of ether oxygens (including phenoxy) is 4. The molecule has 0 unspecified atom stereocenters. The predicted molar refractivity (Wildman–Crippen MR) is 158 cm³/mol. The second-order valence-electron chi connectivity index (χ2n) is 8.68. The zero-order valence-electron chi connectivity index (χ0n) is 23.6. The molecule has 0 aliphatic carbocycles. The van der Waals surface area contributed by atoms with Crippen LogP contribution >= 0.6 is 11.8 Å². The summed E-state index contributed by atoms with van der Waals surface area (Å²) in [6, 6.07) is 17.8. The molecule has 220 valence electrons. The molecular formula is C32H28N2O8S. The molecule has 0 spiro atoms. The molecule has 11 heteroatoms. The SMILES string of the molecule is C=C(C)C(=O)OCCOC(=O)C(C#N)=Cc1ccc(Sc2ccc(C=C(C#N)C(=O)OCCOC(=O)C(=C)C)cc2)cc1. The molecule has 10 nitrogen and oxygen atoms in total. The quantitative estimate of drug-likeness (QED) is 0.0949. The van der Waals surface area contributed by atoms with E-state index in [4.69, 9.17) is 18.9 Å². The van der Waals surface area contributed by atoms with E-state index in [1.807, 2.05) is 36.4 Å². The van der Waals surface area contributed by atoms with Crippen LogP contribution in [0.1, 0.15) is 25.0 Å². The van der Waals surface area contributed by atoms with Gasteiger partial charge in [0.15, 0.2) is 0 Å². The van der Waals surface area contributed by atoms with E-state index in [1.54, 1.807) is 24.3 Å². The minimum Gasteiger partial charge on any atom is -0.459 e. The second kappa shape index (κ2) is 17.4. The molecule has 0 radical (unpaired) electrons. The number of rotatable bonds is 14. The summed E-state index contributed by atoms with van der Waals surface area (Å²) >= 11 is 1.45. The molecule has 0 saturated carbocycles. The summed E-state index contributed by atoms with van der Waals surface area (Å²) in [4.78, 5) is 48.8. The zero-order valence-corrected chi connectivity index (χ0v) is 24.4. The van der Waals surface area contributed by atoms with E-state index in [0.29, 0.717) is 11.1 Å². The van der Waals surface area contributed by atoms with E-state index in [1.165, 1.54) is 37.8 Å². The molecule has 0 amide bonds. The molecule has 2 rings (SSSR count). The summed E-state index contributed by atoms with van der Waals surface area (Å²) in [7, 11) is 0. The van der Waals surface area contributed by atoms with Gasteiger partial charge in [-0.1, -0.05) is 49.2 Å². The standard InChI is InChI=1S/C32H28N2O8S/c1-21(2)29(35)39-13-15-41-31(37)25(19-33)17-23-5-9-27(10-6-23)43-28-11-7-24(8-12-28)18-26(20-34)32(38)42-16-14-40-30(36)22(3)4/h5-12,17-18H,1,3,13-16H2,2,4H3. The fourth-order valence-electron chi connectivity index (χ4n) is 2.95. The smallest absolute Gasteiger partial charge is 0.349 e. The lowest BCUT2D eigenvalue weighted by atomic mass is 10.1. The molecule has 0 aliphatic heterocycles. The molecule has 0 bridgehead atoms. The molecule has 2 aromatic rings. The van der Waals surface area contributed by atoms with Crippen molar-refractivity contribution in [2.24, 2.45) is 0 Å². The Morgan fingerprint density at radius 2 is 0.930 bits per heavy atom. The Balaban J connectivity index is 1.93. The van der Waals surface area contributed by atoms with E-state index in [9.17, 15) is 29.7 Å². The molecule has 0 N–H and O–H groups in total. The van der Waals surface area contributed by atoms with Crippen LogP contribution in [0.3, 0.4) is 0 Å². The number of benzene rings is 2. The van der Waals surface area contributed by atoms with E-state index < -0.39 is 23.9 Å². The number of carbonyl (C=O) groups excluding carboxylic acids is 4. The van der Waals surface area contributed by atoms with E-state index in [0.717, 1.165) is 9.79 Å². The fourth-order valence-corrected chi connectivity index (χ4v) is 3.76. The van der Waals surface area contributed by atoms with Crippen LogP contribution in [-0.4, -0.2) is 50.3 Å². The Morgan fingerprint density at radius 1 is 0.628 bits per heavy atom. The van der Waals surface area contributed by atoms with Crippen LogP contribution in [0.25, 0.3) is 12.2 Å². The van der Waals surface area contributed by atoms with Crippen molar-refractivity contribution >= 4 is 47.8 Å². The predicted octanol–water partition coefficient (Wildman–Crippen LogP) is 4.98. The van der Waals surface area contributed by atoms with Crippen molar-refractivity contribution < 1.29 is 38.1 Å². The number of carbonyl (C=O) groups is 4. The largest absolute Gasteiger partial charge is 0.459 e. The highest BCUT2D eigenvalue weighted by atomic mass is 32.2. The van der Waals surface area contributed by atoms with Crippen LogP contribution < -0.4 is 0 Å². The van der Waals surface area contributed by atoms with E-state index in [-0.39, 0.29) is 48.7 Å². The van der Waals surface area contributed by atoms with Gasteiger partial charge in [0.2, 0.25) is 0 Å². The lowest BCUT2D eigenvalue weighted by molar-refractivity contribution is -0.147. The minimum atomic E-state index is -0.835. The van der Waals surface area contributed by atoms with E-state index >= 15 is 0 Å². The van der Waals surface area contributed by atoms with Gasteiger partial charge in [-0.3, -0.25) is 0 Å². The first-order chi connectivity index (χ1) is 20.5. The highest BCUT2D eigenvalue weighted by Crippen LogP contribution is 2.28. The van der Waals surface area contributed by atoms with Gasteiger partial charge in [-0.05, 0) is 61.4 Å². The summed E-state index contributed by atoms with van der Waals surface area (Å²) in [5.74, 6) is -2.86. The molecule has 0 aliphatic rings. The Bertz CT molecular complexity index is 1410. The van der Waals surface area contributed by atoms with Gasteiger partial charge in [0.25, 0.3) is 0 Å². The number of hydrogen-bond donors (Lipinski definition) is 0. The number of esters is 4. The number of hydrogen-bond acceptors (Lipinski definition) is 11. The van der Waals surface area contributed by atoms with Crippen molar-refractivity contribution in [3.8, 4) is 12.1 Å². The van der Waals surface area contributed by atoms with Crippen molar-refractivity contribution in [2.75, 3.05) is 26.4 Å². The minimum absolute atomic E-state index is 0.151. The molecule has 0 aromatic heterocycles. The number of nitriles is 2. The lowest BCUT2D eigenvalue weighted by Crippen LogP contribution is -2.15. The van der Waals surface area contributed by atoms with E-state index in [2.05, 4.69) is 13.2 Å². The first-order valence-electron chi connectivity index (χ1n) is 12.6. The van der Waals surface area contributed by atoms with Gasteiger partial charge in [-0.15, -0.1) is 0 Å². The van der Waals surface area contributed by atoms with Crippen LogP contribution in [0.4, 0.5) is 0 Å². The highest BCUT2D eigenvalue weighted by Gasteiger charge is 2.13. The second-order valence-corrected chi connectivity index (χ2v) is 9.83. The van der Waals surface area contributed by atoms with Crippen LogP contribution in [0.2, 0.25) is 0 Å². The maximum Gasteiger partial charge on any atom is 0.349 e. The van der Waals surface area contributed by atoms with Crippen LogP contribution in [0.5, 0.6) is 0 Å². The number of nitrogens with zero attached hydrogens (tertiary/aromatic N) is 2. The van der Waals surface area contributed by atoms with Gasteiger partial charge < -0.3 is 18.9 Å².